The molecule has 3 heteroatoms. The van der Waals surface area contributed by atoms with E-state index in [2.05, 4.69) is 81.8 Å². The molecule has 1 aromatic carbocycles. The fraction of sp³-hybridized carbons (Fsp3) is 0.500. The summed E-state index contributed by atoms with van der Waals surface area (Å²) in [5, 5.41) is 0. The Kier molecular flexibility index (Phi) is 3.78. The van der Waals surface area contributed by atoms with Crippen LogP contribution < -0.4 is 4.57 Å². The number of hydrogen-bond acceptors (Lipinski definition) is 2. The standard InChI is InChI=1S/C22H28NO2/c1-6-24-22(25-7-2)19-16-10-8-9-11-17(16)20(21(22,4)5)23-13-12-15(3)14-18(19)23/h8-14,19-20H,6-7H2,1-5H3/q+1. The molecule has 0 fully saturated rings. The van der Waals surface area contributed by atoms with Gasteiger partial charge in [-0.3, -0.25) is 0 Å². The summed E-state index contributed by atoms with van der Waals surface area (Å²) < 4.78 is 15.4. The van der Waals surface area contributed by atoms with E-state index >= 15 is 0 Å². The molecule has 1 aromatic heterocycles. The van der Waals surface area contributed by atoms with Gasteiger partial charge >= 0.3 is 0 Å². The number of rotatable bonds is 4. The number of hydrogen-bond donors (Lipinski definition) is 0. The lowest BCUT2D eigenvalue weighted by molar-refractivity contribution is -0.755. The molecule has 0 N–H and O–H groups in total. The third-order valence-electron chi connectivity index (χ3n) is 6.03. The van der Waals surface area contributed by atoms with E-state index in [1.165, 1.54) is 22.4 Å². The van der Waals surface area contributed by atoms with Gasteiger partial charge in [-0.15, -0.1) is 0 Å². The molecule has 2 unspecified atom stereocenters. The van der Waals surface area contributed by atoms with E-state index in [1.807, 2.05) is 0 Å². The van der Waals surface area contributed by atoms with Gasteiger partial charge in [0.1, 0.15) is 5.92 Å². The minimum absolute atomic E-state index is 0.0727. The fourth-order valence-corrected chi connectivity index (χ4v) is 5.15. The number of pyridine rings is 1. The minimum Gasteiger partial charge on any atom is -0.348 e. The summed E-state index contributed by atoms with van der Waals surface area (Å²) in [4.78, 5) is 0. The molecule has 5 rings (SSSR count). The van der Waals surface area contributed by atoms with Crippen LogP contribution in [0.15, 0.2) is 42.6 Å². The summed E-state index contributed by atoms with van der Waals surface area (Å²) in [7, 11) is 0. The van der Waals surface area contributed by atoms with Crippen LogP contribution in [0, 0.1) is 12.3 Å². The van der Waals surface area contributed by atoms with Crippen LogP contribution in [-0.2, 0) is 9.47 Å². The van der Waals surface area contributed by atoms with Crippen LogP contribution in [0.5, 0.6) is 0 Å². The Morgan fingerprint density at radius 3 is 2.28 bits per heavy atom. The van der Waals surface area contributed by atoms with Crippen molar-refractivity contribution in [3.8, 4) is 0 Å². The van der Waals surface area contributed by atoms with Crippen molar-refractivity contribution < 1.29 is 14.0 Å². The van der Waals surface area contributed by atoms with Crippen molar-refractivity contribution in [2.24, 2.45) is 5.41 Å². The minimum atomic E-state index is -0.649. The summed E-state index contributed by atoms with van der Waals surface area (Å²) in [5.41, 5.74) is 5.12. The molecule has 3 aliphatic rings. The highest BCUT2D eigenvalue weighted by atomic mass is 16.7. The van der Waals surface area contributed by atoms with E-state index in [0.717, 1.165) is 0 Å². The monoisotopic (exact) mass is 338 g/mol. The van der Waals surface area contributed by atoms with Crippen LogP contribution in [0.25, 0.3) is 0 Å². The van der Waals surface area contributed by atoms with Crippen molar-refractivity contribution in [2.75, 3.05) is 13.2 Å². The van der Waals surface area contributed by atoms with Gasteiger partial charge in [-0.05, 0) is 45.7 Å². The SMILES string of the molecule is CCOC1(OCC)C2c3ccccc3C([n+]3ccc(C)cc32)C1(C)C. The summed E-state index contributed by atoms with van der Waals surface area (Å²) >= 11 is 0. The molecule has 2 aromatic rings. The van der Waals surface area contributed by atoms with Gasteiger partial charge in [-0.1, -0.05) is 24.3 Å². The second kappa shape index (κ2) is 5.65. The fourth-order valence-electron chi connectivity index (χ4n) is 5.15. The number of aromatic nitrogens is 1. The summed E-state index contributed by atoms with van der Waals surface area (Å²) in [6.45, 7) is 12.2. The molecule has 3 nitrogen and oxygen atoms in total. The molecular weight excluding hydrogens is 310 g/mol. The highest BCUT2D eigenvalue weighted by Crippen LogP contribution is 2.61. The summed E-state index contributed by atoms with van der Waals surface area (Å²) in [6.07, 6.45) is 2.24. The second-order valence-electron chi connectivity index (χ2n) is 7.76. The van der Waals surface area contributed by atoms with Crippen LogP contribution in [0.2, 0.25) is 0 Å². The molecular formula is C22H28NO2+. The zero-order valence-corrected chi connectivity index (χ0v) is 15.9. The topological polar surface area (TPSA) is 22.3 Å². The molecule has 0 radical (unpaired) electrons. The quantitative estimate of drug-likeness (QED) is 0.618. The van der Waals surface area contributed by atoms with Gasteiger partial charge in [-0.2, -0.15) is 4.57 Å². The first kappa shape index (κ1) is 16.7. The van der Waals surface area contributed by atoms with Gasteiger partial charge in [0.05, 0.1) is 5.41 Å². The van der Waals surface area contributed by atoms with Crippen LogP contribution in [0.1, 0.15) is 62.0 Å². The van der Waals surface area contributed by atoms with E-state index < -0.39 is 5.79 Å². The smallest absolute Gasteiger partial charge is 0.196 e. The zero-order chi connectivity index (χ0) is 17.8. The Morgan fingerprint density at radius 1 is 1.00 bits per heavy atom. The lowest BCUT2D eigenvalue weighted by Gasteiger charge is -2.57. The van der Waals surface area contributed by atoms with Crippen LogP contribution in [-0.4, -0.2) is 19.0 Å². The van der Waals surface area contributed by atoms with E-state index in [4.69, 9.17) is 9.47 Å². The van der Waals surface area contributed by atoms with E-state index in [0.29, 0.717) is 13.2 Å². The van der Waals surface area contributed by atoms with Crippen molar-refractivity contribution in [3.63, 3.8) is 0 Å². The van der Waals surface area contributed by atoms with Crippen molar-refractivity contribution in [3.05, 3.63) is 65.0 Å². The molecule has 0 saturated heterocycles. The van der Waals surface area contributed by atoms with Crippen molar-refractivity contribution in [1.29, 1.82) is 0 Å². The van der Waals surface area contributed by atoms with Gasteiger partial charge in [-0.25, -0.2) is 0 Å². The lowest BCUT2D eigenvalue weighted by Crippen LogP contribution is -2.71. The lowest BCUT2D eigenvalue weighted by atomic mass is 9.57. The normalized spacial score (nSPS) is 24.7. The zero-order valence-electron chi connectivity index (χ0n) is 15.9. The van der Waals surface area contributed by atoms with E-state index in [9.17, 15) is 0 Å². The van der Waals surface area contributed by atoms with Gasteiger partial charge in [0.15, 0.2) is 23.7 Å². The average molecular weight is 338 g/mol. The number of nitrogens with zero attached hydrogens (tertiary/aromatic N) is 1. The van der Waals surface area contributed by atoms with Crippen molar-refractivity contribution >= 4 is 0 Å². The van der Waals surface area contributed by atoms with E-state index in [1.54, 1.807) is 0 Å². The maximum atomic E-state index is 6.48. The number of benzene rings is 1. The number of fused-ring (bicyclic) bond motifs is 1. The largest absolute Gasteiger partial charge is 0.348 e. The maximum Gasteiger partial charge on any atom is 0.196 e. The summed E-state index contributed by atoms with van der Waals surface area (Å²) in [6, 6.07) is 13.5. The summed E-state index contributed by atoms with van der Waals surface area (Å²) in [5.74, 6) is -0.577. The van der Waals surface area contributed by atoms with Crippen LogP contribution >= 0.6 is 0 Å². The van der Waals surface area contributed by atoms with Crippen molar-refractivity contribution in [2.45, 2.75) is 52.4 Å². The first-order valence-electron chi connectivity index (χ1n) is 9.36. The van der Waals surface area contributed by atoms with Crippen molar-refractivity contribution in [1.82, 2.24) is 0 Å². The first-order valence-corrected chi connectivity index (χ1v) is 9.36. The third-order valence-corrected chi connectivity index (χ3v) is 6.03. The third kappa shape index (κ3) is 2.03. The first-order chi connectivity index (χ1) is 12.0. The Balaban J connectivity index is 2.08. The number of ether oxygens (including phenoxy) is 2. The van der Waals surface area contributed by atoms with Crippen LogP contribution in [0.4, 0.5) is 0 Å². The molecule has 132 valence electrons. The molecule has 25 heavy (non-hydrogen) atoms. The molecule has 1 aliphatic carbocycles. The van der Waals surface area contributed by atoms with Gasteiger partial charge in [0, 0.05) is 30.9 Å². The van der Waals surface area contributed by atoms with E-state index in [-0.39, 0.29) is 17.4 Å². The van der Waals surface area contributed by atoms with Gasteiger partial charge in [0.2, 0.25) is 0 Å². The highest BCUT2D eigenvalue weighted by Gasteiger charge is 2.70. The molecule has 3 heterocycles. The molecule has 0 amide bonds. The molecule has 2 aliphatic heterocycles. The Hall–Kier alpha value is -1.71. The predicted octanol–water partition coefficient (Wildman–Crippen LogP) is 4.13. The maximum absolute atomic E-state index is 6.48. The highest BCUT2D eigenvalue weighted by molar-refractivity contribution is 5.46. The van der Waals surface area contributed by atoms with Crippen LogP contribution in [0.3, 0.4) is 0 Å². The molecule has 0 spiro atoms. The van der Waals surface area contributed by atoms with Gasteiger partial charge < -0.3 is 9.47 Å². The predicted molar refractivity (Wildman–Crippen MR) is 97.6 cm³/mol. The number of aryl methyl sites for hydroxylation is 1. The Labute approximate surface area is 150 Å². The molecule has 0 saturated carbocycles. The molecule has 2 bridgehead atoms. The Bertz CT molecular complexity index is 805. The van der Waals surface area contributed by atoms with Gasteiger partial charge in [0.25, 0.3) is 0 Å². The second-order valence-corrected chi connectivity index (χ2v) is 7.76. The Morgan fingerprint density at radius 2 is 1.64 bits per heavy atom. The molecule has 2 atom stereocenters. The average Bonchev–Trinajstić information content (AvgIpc) is 2.58.